The van der Waals surface area contributed by atoms with Crippen molar-refractivity contribution in [2.75, 3.05) is 0 Å². The van der Waals surface area contributed by atoms with Gasteiger partial charge in [-0.25, -0.2) is 4.79 Å². The van der Waals surface area contributed by atoms with Crippen LogP contribution in [0.5, 0.6) is 0 Å². The number of benzene rings is 1. The Hall–Kier alpha value is -2.97. The zero-order valence-electron chi connectivity index (χ0n) is 21.0. The molecule has 2 N–H and O–H groups in total. The highest BCUT2D eigenvalue weighted by Gasteiger charge is 2.78. The van der Waals surface area contributed by atoms with E-state index in [1.807, 2.05) is 56.3 Å². The molecule has 1 amide bonds. The van der Waals surface area contributed by atoms with Gasteiger partial charge in [-0.2, -0.15) is 0 Å². The van der Waals surface area contributed by atoms with Gasteiger partial charge in [-0.05, 0) is 44.2 Å². The van der Waals surface area contributed by atoms with E-state index < -0.39 is 40.6 Å². The maximum atomic E-state index is 13.8. The van der Waals surface area contributed by atoms with Crippen molar-refractivity contribution in [3.05, 3.63) is 60.4 Å². The van der Waals surface area contributed by atoms with Crippen LogP contribution in [0.4, 0.5) is 4.79 Å². The largest absolute Gasteiger partial charge is 0.514 e. The van der Waals surface area contributed by atoms with E-state index in [0.717, 1.165) is 17.9 Å². The number of Topliss-reactive ketones (excluding diaryl/α,β-unsaturated/α-hetero) is 1. The van der Waals surface area contributed by atoms with E-state index in [0.29, 0.717) is 12.8 Å². The number of fused-ring (bicyclic) bond motifs is 2. The molecule has 0 bridgehead atoms. The summed E-state index contributed by atoms with van der Waals surface area (Å²) >= 11 is 0. The molecule has 2 saturated heterocycles. The van der Waals surface area contributed by atoms with Crippen molar-refractivity contribution in [3.8, 4) is 0 Å². The lowest BCUT2D eigenvalue weighted by molar-refractivity contribution is -0.153. The third-order valence-electron chi connectivity index (χ3n) is 8.64. The van der Waals surface area contributed by atoms with Crippen molar-refractivity contribution in [1.29, 1.82) is 0 Å². The first-order valence-electron chi connectivity index (χ1n) is 12.5. The maximum absolute atomic E-state index is 13.8. The second kappa shape index (κ2) is 8.56. The third-order valence-corrected chi connectivity index (χ3v) is 8.64. The van der Waals surface area contributed by atoms with Crippen LogP contribution in [-0.2, 0) is 30.2 Å². The minimum absolute atomic E-state index is 0.0972. The van der Waals surface area contributed by atoms with Gasteiger partial charge >= 0.3 is 6.16 Å². The van der Waals surface area contributed by atoms with Crippen LogP contribution in [0.1, 0.15) is 39.7 Å². The molecule has 0 unspecified atom stereocenters. The highest BCUT2D eigenvalue weighted by atomic mass is 16.7. The summed E-state index contributed by atoms with van der Waals surface area (Å²) < 4.78 is 17.3. The number of nitrogens with one attached hydrogen (secondary N) is 1. The predicted octanol–water partition coefficient (Wildman–Crippen LogP) is 3.09. The topological polar surface area (TPSA) is 114 Å². The fraction of sp³-hybridized carbons (Fsp3) is 0.536. The predicted molar refractivity (Wildman–Crippen MR) is 129 cm³/mol. The Morgan fingerprint density at radius 1 is 1.11 bits per heavy atom. The first-order valence-corrected chi connectivity index (χ1v) is 12.5. The first-order chi connectivity index (χ1) is 17.0. The molecule has 8 heteroatoms. The number of cyclic esters (lactones) is 1. The lowest BCUT2D eigenvalue weighted by atomic mass is 9.59. The number of carbonyl (C=O) groups excluding carboxylic acids is 3. The lowest BCUT2D eigenvalue weighted by Gasteiger charge is -2.45. The van der Waals surface area contributed by atoms with Crippen molar-refractivity contribution in [2.45, 2.75) is 69.5 Å². The van der Waals surface area contributed by atoms with Crippen LogP contribution in [0.25, 0.3) is 0 Å². The molecule has 3 fully saturated rings. The highest BCUT2D eigenvalue weighted by molar-refractivity contribution is 5.92. The second-order valence-electron chi connectivity index (χ2n) is 11.0. The summed E-state index contributed by atoms with van der Waals surface area (Å²) in [7, 11) is 0. The Labute approximate surface area is 210 Å². The number of hydrogen-bond acceptors (Lipinski definition) is 7. The van der Waals surface area contributed by atoms with Gasteiger partial charge in [0.15, 0.2) is 5.78 Å². The molecule has 3 heterocycles. The van der Waals surface area contributed by atoms with Crippen LogP contribution in [0.2, 0.25) is 0 Å². The summed E-state index contributed by atoms with van der Waals surface area (Å²) in [6.07, 6.45) is 5.28. The number of rotatable bonds is 2. The van der Waals surface area contributed by atoms with Crippen LogP contribution in [0.15, 0.2) is 54.8 Å². The number of aliphatic hydroxyl groups is 1. The van der Waals surface area contributed by atoms with Gasteiger partial charge in [0, 0.05) is 17.9 Å². The van der Waals surface area contributed by atoms with Crippen molar-refractivity contribution in [3.63, 3.8) is 0 Å². The van der Waals surface area contributed by atoms with Crippen LogP contribution < -0.4 is 5.32 Å². The Kier molecular flexibility index (Phi) is 5.87. The molecule has 3 aliphatic heterocycles. The van der Waals surface area contributed by atoms with Gasteiger partial charge in [-0.3, -0.25) is 9.59 Å². The van der Waals surface area contributed by atoms with Gasteiger partial charge < -0.3 is 24.6 Å². The average molecular weight is 496 g/mol. The first kappa shape index (κ1) is 24.7. The van der Waals surface area contributed by atoms with E-state index in [4.69, 9.17) is 14.2 Å². The lowest BCUT2D eigenvalue weighted by Crippen LogP contribution is -2.61. The molecule has 9 atom stereocenters. The number of ketones is 1. The molecule has 192 valence electrons. The Bertz CT molecular complexity index is 1130. The van der Waals surface area contributed by atoms with E-state index in [2.05, 4.69) is 5.32 Å². The molecule has 1 spiro atoms. The molecule has 5 rings (SSSR count). The minimum atomic E-state index is -1.81. The molecule has 4 aliphatic rings. The van der Waals surface area contributed by atoms with Gasteiger partial charge in [0.25, 0.3) is 5.91 Å². The zero-order valence-corrected chi connectivity index (χ0v) is 21.0. The molecular weight excluding hydrogens is 462 g/mol. The summed E-state index contributed by atoms with van der Waals surface area (Å²) in [5, 5.41) is 13.7. The van der Waals surface area contributed by atoms with Crippen molar-refractivity contribution < 1.29 is 33.7 Å². The molecule has 0 radical (unpaired) electrons. The summed E-state index contributed by atoms with van der Waals surface area (Å²) in [6.45, 7) is 7.15. The summed E-state index contributed by atoms with van der Waals surface area (Å²) in [6, 6.07) is 9.58. The van der Waals surface area contributed by atoms with E-state index in [-0.39, 0.29) is 29.9 Å². The Morgan fingerprint density at radius 3 is 2.56 bits per heavy atom. The third kappa shape index (κ3) is 3.78. The number of carbonyl (C=O) groups is 3. The van der Waals surface area contributed by atoms with Gasteiger partial charge in [-0.15, -0.1) is 0 Å². The molecule has 8 nitrogen and oxygen atoms in total. The number of allylic oxidation sites excluding steroid dienone is 1. The summed E-state index contributed by atoms with van der Waals surface area (Å²) in [4.78, 5) is 39.5. The Balaban J connectivity index is 1.58. The molecular formula is C28H33NO7. The van der Waals surface area contributed by atoms with Crippen LogP contribution in [0.3, 0.4) is 0 Å². The fourth-order valence-corrected chi connectivity index (χ4v) is 6.51. The number of ether oxygens (including phenoxy) is 3. The fourth-order valence-electron chi connectivity index (χ4n) is 6.51. The van der Waals surface area contributed by atoms with Crippen molar-refractivity contribution >= 4 is 17.8 Å². The number of epoxide rings is 1. The minimum Gasteiger partial charge on any atom is -0.416 e. The van der Waals surface area contributed by atoms with Gasteiger partial charge in [0.05, 0.1) is 23.9 Å². The van der Waals surface area contributed by atoms with Crippen LogP contribution in [-0.4, -0.2) is 51.9 Å². The van der Waals surface area contributed by atoms with Crippen molar-refractivity contribution in [2.24, 2.45) is 23.7 Å². The van der Waals surface area contributed by atoms with E-state index in [1.165, 1.54) is 6.92 Å². The molecule has 1 aliphatic carbocycles. The van der Waals surface area contributed by atoms with Gasteiger partial charge in [-0.1, -0.05) is 56.3 Å². The maximum Gasteiger partial charge on any atom is 0.514 e. The summed E-state index contributed by atoms with van der Waals surface area (Å²) in [5.74, 6) is -2.32. The summed E-state index contributed by atoms with van der Waals surface area (Å²) in [5.41, 5.74) is -2.76. The smallest absolute Gasteiger partial charge is 0.416 e. The zero-order chi connectivity index (χ0) is 25.9. The monoisotopic (exact) mass is 495 g/mol. The number of amides is 1. The standard InChI is InChI=1S/C28H33NO7/c1-16-9-8-12-19-23-27(4,35-23)17(2)21-20(15-18-10-6-5-7-11-18)29-24(31)28(19,21)36-25(32)34-14-13-26(3,33)22(16)30/h5-8,10-14,16-17,19-21,23,33H,9,15H2,1-4H3,(H,29,31)/b12-8-,14-13-/t16-,17-,19-,20-,21-,23-,26+,27+,28+/m0/s1. The number of hydrogen-bond donors (Lipinski definition) is 2. The van der Waals surface area contributed by atoms with Crippen LogP contribution in [0, 0.1) is 23.7 Å². The second-order valence-corrected chi connectivity index (χ2v) is 11.0. The SMILES string of the molecule is C[C@H]1C/C=C\[C@H]2[C@@H]3O[C@]3(C)[C@@H](C)[C@H]3[C@H](Cc4ccccc4)NC(=O)[C@]32OC(=O)O/C=C\[C@@](C)(O)C1=O. The molecule has 36 heavy (non-hydrogen) atoms. The molecule has 1 aromatic carbocycles. The van der Waals surface area contributed by atoms with Crippen molar-refractivity contribution in [1.82, 2.24) is 5.32 Å². The average Bonchev–Trinajstić information content (AvgIpc) is 3.45. The Morgan fingerprint density at radius 2 is 1.83 bits per heavy atom. The molecule has 1 aromatic rings. The van der Waals surface area contributed by atoms with Gasteiger partial charge in [0.2, 0.25) is 5.60 Å². The normalized spacial score (nSPS) is 45.8. The quantitative estimate of drug-likeness (QED) is 0.368. The van der Waals surface area contributed by atoms with E-state index >= 15 is 0 Å². The molecule has 0 aromatic heterocycles. The van der Waals surface area contributed by atoms with Gasteiger partial charge in [0.1, 0.15) is 5.60 Å². The highest BCUT2D eigenvalue weighted by Crippen LogP contribution is 2.63. The van der Waals surface area contributed by atoms with Crippen LogP contribution >= 0.6 is 0 Å². The van der Waals surface area contributed by atoms with E-state index in [1.54, 1.807) is 6.92 Å². The molecule has 1 saturated carbocycles. The van der Waals surface area contributed by atoms with E-state index in [9.17, 15) is 19.5 Å².